The van der Waals surface area contributed by atoms with E-state index in [1.165, 1.54) is 12.3 Å². The summed E-state index contributed by atoms with van der Waals surface area (Å²) in [6.45, 7) is 0. The first-order chi connectivity index (χ1) is 3.79. The third-order valence-corrected chi connectivity index (χ3v) is 1.15. The van der Waals surface area contributed by atoms with E-state index in [0.29, 0.717) is 0 Å². The average molecular weight is 156 g/mol. The van der Waals surface area contributed by atoms with E-state index < -0.39 is 0 Å². The van der Waals surface area contributed by atoms with Crippen molar-refractivity contribution in [2.75, 3.05) is 0 Å². The Labute approximate surface area is 71.5 Å². The molecule has 0 radical (unpaired) electrons. The van der Waals surface area contributed by atoms with E-state index in [0.717, 1.165) is 3.69 Å². The van der Waals surface area contributed by atoms with Gasteiger partial charge in [-0.05, 0) is 0 Å². The first kappa shape index (κ1) is 9.14. The van der Waals surface area contributed by atoms with Crippen LogP contribution in [0.3, 0.4) is 0 Å². The first-order valence-electron chi connectivity index (χ1n) is 2.21. The second-order valence-electron chi connectivity index (χ2n) is 1.51. The maximum absolute atomic E-state index is 12.1. The van der Waals surface area contributed by atoms with Gasteiger partial charge in [0, 0.05) is 0 Å². The molecule has 9 heavy (non-hydrogen) atoms. The molecule has 0 bridgehead atoms. The molecule has 0 atom stereocenters. The third kappa shape index (κ3) is 2.98. The molecular formula is C5H3ClFMgN. The predicted molar refractivity (Wildman–Crippen MR) is 29.6 cm³/mol. The minimum Gasteiger partial charge on any atom is -1.00 e. The standard InChI is InChI=1S/C5H3FN.ClH.Mg/c6-5-2-1-3-7-4-5;;/h2-4H;1H;/q;;+1/p-1. The van der Waals surface area contributed by atoms with Gasteiger partial charge in [0.1, 0.15) is 0 Å². The third-order valence-electron chi connectivity index (χ3n) is 0.762. The summed E-state index contributed by atoms with van der Waals surface area (Å²) in [6.07, 6.45) is 2.82. The van der Waals surface area contributed by atoms with Gasteiger partial charge in [-0.25, -0.2) is 0 Å². The quantitative estimate of drug-likeness (QED) is 0.365. The Kier molecular flexibility index (Phi) is 4.09. The van der Waals surface area contributed by atoms with Gasteiger partial charge < -0.3 is 12.4 Å². The van der Waals surface area contributed by atoms with E-state index in [-0.39, 0.29) is 18.2 Å². The van der Waals surface area contributed by atoms with Crippen LogP contribution in [0.5, 0.6) is 0 Å². The largest absolute Gasteiger partial charge is 1.00 e. The molecule has 0 spiro atoms. The number of nitrogens with zero attached hydrogens (tertiary/aromatic N) is 1. The molecule has 0 fully saturated rings. The summed E-state index contributed by atoms with van der Waals surface area (Å²) in [5, 5.41) is 0. The molecule has 0 saturated heterocycles. The van der Waals surface area contributed by atoms with Crippen molar-refractivity contribution < 1.29 is 16.8 Å². The van der Waals surface area contributed by atoms with Gasteiger partial charge >= 0.3 is 59.1 Å². The van der Waals surface area contributed by atoms with E-state index in [9.17, 15) is 4.39 Å². The van der Waals surface area contributed by atoms with Crippen LogP contribution in [-0.4, -0.2) is 26.7 Å². The van der Waals surface area contributed by atoms with Crippen LogP contribution in [0.4, 0.5) is 4.39 Å². The Balaban J connectivity index is 0.000000640. The van der Waals surface area contributed by atoms with Gasteiger partial charge in [-0.15, -0.1) is 0 Å². The molecule has 0 aliphatic heterocycles. The molecule has 4 heteroatoms. The number of aromatic nitrogens is 1. The van der Waals surface area contributed by atoms with Crippen LogP contribution in [0.2, 0.25) is 0 Å². The fourth-order valence-electron chi connectivity index (χ4n) is 0.456. The van der Waals surface area contributed by atoms with Crippen molar-refractivity contribution in [1.82, 2.24) is 4.98 Å². The normalized spacial score (nSPS) is 8.33. The smallest absolute Gasteiger partial charge is 1.00 e. The summed E-state index contributed by atoms with van der Waals surface area (Å²) in [4.78, 5) is 3.62. The fraction of sp³-hybridized carbons (Fsp3) is 0. The monoisotopic (exact) mass is 155 g/mol. The van der Waals surface area contributed by atoms with Gasteiger partial charge in [-0.2, -0.15) is 0 Å². The number of rotatable bonds is 0. The van der Waals surface area contributed by atoms with Crippen molar-refractivity contribution in [3.05, 3.63) is 24.3 Å². The molecule has 0 aromatic carbocycles. The van der Waals surface area contributed by atoms with Crippen molar-refractivity contribution in [1.29, 1.82) is 0 Å². The number of hydrogen-bond acceptors (Lipinski definition) is 1. The molecule has 1 aromatic heterocycles. The molecule has 0 N–H and O–H groups in total. The summed E-state index contributed by atoms with van der Waals surface area (Å²) < 4.78 is 13.0. The second kappa shape index (κ2) is 4.03. The van der Waals surface area contributed by atoms with Gasteiger partial charge in [0.25, 0.3) is 0 Å². The van der Waals surface area contributed by atoms with Crippen LogP contribution in [0.15, 0.2) is 18.5 Å². The molecule has 0 unspecified atom stereocenters. The number of pyridine rings is 1. The second-order valence-corrected chi connectivity index (χ2v) is 2.33. The fourth-order valence-corrected chi connectivity index (χ4v) is 0.756. The van der Waals surface area contributed by atoms with E-state index in [1.54, 1.807) is 27.9 Å². The van der Waals surface area contributed by atoms with Gasteiger partial charge in [-0.1, -0.05) is 0 Å². The van der Waals surface area contributed by atoms with Crippen molar-refractivity contribution in [2.45, 2.75) is 0 Å². The van der Waals surface area contributed by atoms with Crippen molar-refractivity contribution >= 4 is 25.4 Å². The van der Waals surface area contributed by atoms with Crippen LogP contribution < -0.4 is 16.1 Å². The first-order valence-corrected chi connectivity index (χ1v) is 2.92. The van der Waals surface area contributed by atoms with E-state index >= 15 is 0 Å². The Bertz CT molecular complexity index is 177. The van der Waals surface area contributed by atoms with Crippen LogP contribution in [0.25, 0.3) is 0 Å². The van der Waals surface area contributed by atoms with Crippen LogP contribution in [-0.2, 0) is 0 Å². The SMILES string of the molecule is Fc1cnc[c]([Mg+])c1.[Cl-]. The minimum absolute atomic E-state index is 0. The van der Waals surface area contributed by atoms with Crippen LogP contribution >= 0.6 is 0 Å². The zero-order valence-corrected chi connectivity index (χ0v) is 6.81. The maximum atomic E-state index is 12.1. The van der Waals surface area contributed by atoms with E-state index in [1.807, 2.05) is 0 Å². The Morgan fingerprint density at radius 1 is 1.44 bits per heavy atom. The summed E-state index contributed by atoms with van der Waals surface area (Å²) in [7, 11) is 0. The Hall–Kier alpha value is 0.136. The molecule has 44 valence electrons. The van der Waals surface area contributed by atoms with Gasteiger partial charge in [0.15, 0.2) is 0 Å². The van der Waals surface area contributed by atoms with Gasteiger partial charge in [-0.3, -0.25) is 0 Å². The summed E-state index contributed by atoms with van der Waals surface area (Å²) in [6, 6.07) is 1.45. The maximum Gasteiger partial charge on any atom is -1.00 e. The molecule has 0 aliphatic rings. The summed E-state index contributed by atoms with van der Waals surface area (Å²) in [5.74, 6) is -0.266. The molecule has 0 saturated carbocycles. The van der Waals surface area contributed by atoms with E-state index in [2.05, 4.69) is 4.98 Å². The van der Waals surface area contributed by atoms with E-state index in [4.69, 9.17) is 0 Å². The van der Waals surface area contributed by atoms with Gasteiger partial charge in [0.2, 0.25) is 0 Å². The molecular weight excluding hydrogens is 153 g/mol. The van der Waals surface area contributed by atoms with Crippen molar-refractivity contribution in [2.24, 2.45) is 0 Å². The predicted octanol–water partition coefficient (Wildman–Crippen LogP) is -2.98. The minimum atomic E-state index is -0.266. The zero-order valence-electron chi connectivity index (χ0n) is 4.64. The number of hydrogen-bond donors (Lipinski definition) is 0. The Morgan fingerprint density at radius 3 is 2.44 bits per heavy atom. The van der Waals surface area contributed by atoms with Gasteiger partial charge in [0.05, 0.1) is 0 Å². The summed E-state index contributed by atoms with van der Waals surface area (Å²) >= 11 is 1.62. The molecule has 0 aliphatic carbocycles. The molecule has 1 aromatic rings. The molecule has 1 heterocycles. The van der Waals surface area contributed by atoms with Crippen LogP contribution in [0.1, 0.15) is 0 Å². The number of halogens is 2. The van der Waals surface area contributed by atoms with Crippen molar-refractivity contribution in [3.63, 3.8) is 0 Å². The van der Waals surface area contributed by atoms with Crippen molar-refractivity contribution in [3.8, 4) is 0 Å². The summed E-state index contributed by atoms with van der Waals surface area (Å²) in [5.41, 5.74) is 0. The molecule has 0 amide bonds. The molecule has 1 nitrogen and oxygen atoms in total. The topological polar surface area (TPSA) is 12.9 Å². The average Bonchev–Trinajstić information content (AvgIpc) is 1.64. The molecule has 1 rings (SSSR count). The Morgan fingerprint density at radius 2 is 2.11 bits per heavy atom. The van der Waals surface area contributed by atoms with Crippen LogP contribution in [0, 0.1) is 5.82 Å². The zero-order chi connectivity index (χ0) is 5.98.